The van der Waals surface area contributed by atoms with E-state index in [2.05, 4.69) is 21.9 Å². The number of nitrogens with zero attached hydrogens (tertiary/aromatic N) is 4. The van der Waals surface area contributed by atoms with E-state index in [1.807, 2.05) is 14.0 Å². The average Bonchev–Trinajstić information content (AvgIpc) is 2.49. The third-order valence-corrected chi connectivity index (χ3v) is 4.77. The molecule has 7 heteroatoms. The van der Waals surface area contributed by atoms with Gasteiger partial charge < -0.3 is 9.80 Å². The van der Waals surface area contributed by atoms with Crippen molar-refractivity contribution in [3.63, 3.8) is 0 Å². The minimum atomic E-state index is -0.116. The minimum Gasteiger partial charge on any atom is -0.337 e. The van der Waals surface area contributed by atoms with Crippen LogP contribution < -0.4 is 0 Å². The summed E-state index contributed by atoms with van der Waals surface area (Å²) >= 11 is 7.61. The molecule has 2 heterocycles. The molecule has 21 heavy (non-hydrogen) atoms. The number of likely N-dealkylation sites (tertiary alicyclic amines) is 1. The Bertz CT molecular complexity index is 506. The van der Waals surface area contributed by atoms with Crippen molar-refractivity contribution in [2.45, 2.75) is 31.0 Å². The van der Waals surface area contributed by atoms with E-state index in [-0.39, 0.29) is 11.9 Å². The van der Waals surface area contributed by atoms with E-state index in [1.165, 1.54) is 18.0 Å². The molecule has 1 amide bonds. The lowest BCUT2D eigenvalue weighted by atomic mass is 10.0. The molecule has 1 fully saturated rings. The Morgan fingerprint density at radius 3 is 2.81 bits per heavy atom. The first-order valence-electron chi connectivity index (χ1n) is 7.14. The quantitative estimate of drug-likeness (QED) is 0.627. The highest BCUT2D eigenvalue weighted by molar-refractivity contribution is 7.99. The van der Waals surface area contributed by atoms with E-state index in [0.29, 0.717) is 15.9 Å². The van der Waals surface area contributed by atoms with Crippen LogP contribution in [0.2, 0.25) is 5.02 Å². The van der Waals surface area contributed by atoms with Gasteiger partial charge in [-0.3, -0.25) is 4.79 Å². The summed E-state index contributed by atoms with van der Waals surface area (Å²) < 4.78 is 0. The van der Waals surface area contributed by atoms with Crippen molar-refractivity contribution in [1.29, 1.82) is 0 Å². The third-order valence-electron chi connectivity index (χ3n) is 3.75. The van der Waals surface area contributed by atoms with Crippen LogP contribution in [0.4, 0.5) is 0 Å². The van der Waals surface area contributed by atoms with Gasteiger partial charge in [0.25, 0.3) is 5.91 Å². The summed E-state index contributed by atoms with van der Waals surface area (Å²) in [4.78, 5) is 25.1. The van der Waals surface area contributed by atoms with Crippen LogP contribution in [-0.4, -0.2) is 64.7 Å². The van der Waals surface area contributed by atoms with Gasteiger partial charge in [0.2, 0.25) is 0 Å². The van der Waals surface area contributed by atoms with E-state index in [1.54, 1.807) is 4.90 Å². The normalized spacial score (nSPS) is 17.0. The van der Waals surface area contributed by atoms with Gasteiger partial charge in [-0.2, -0.15) is 0 Å². The van der Waals surface area contributed by atoms with Crippen molar-refractivity contribution < 1.29 is 4.79 Å². The number of piperidine rings is 1. The van der Waals surface area contributed by atoms with Crippen LogP contribution in [0.1, 0.15) is 30.3 Å². The number of hydrogen-bond donors (Lipinski definition) is 0. The molecule has 1 aromatic heterocycles. The predicted molar refractivity (Wildman–Crippen MR) is 86.1 cm³/mol. The van der Waals surface area contributed by atoms with Crippen molar-refractivity contribution in [3.8, 4) is 0 Å². The number of halogens is 1. The van der Waals surface area contributed by atoms with Crippen LogP contribution >= 0.6 is 23.4 Å². The molecule has 5 nitrogen and oxygen atoms in total. The van der Waals surface area contributed by atoms with Crippen LogP contribution in [0.15, 0.2) is 11.4 Å². The second-order valence-electron chi connectivity index (χ2n) is 5.23. The second kappa shape index (κ2) is 7.42. The molecule has 0 aromatic carbocycles. The summed E-state index contributed by atoms with van der Waals surface area (Å²) in [6.07, 6.45) is 3.48. The molecule has 1 aliphatic rings. The fourth-order valence-electron chi connectivity index (χ4n) is 2.41. The van der Waals surface area contributed by atoms with Crippen LogP contribution in [0.3, 0.4) is 0 Å². The molecular formula is C14H21ClN4OS. The molecular weight excluding hydrogens is 308 g/mol. The SMILES string of the molecule is CCSc1ncc(Cl)c(C(=O)N(C)C2CCN(C)CC2)n1. The number of amides is 1. The standard InChI is InChI=1S/C14H21ClN4OS/c1-4-21-14-16-9-11(15)12(17-14)13(20)19(3)10-5-7-18(2)8-6-10/h9-10H,4-8H2,1-3H3. The van der Waals surface area contributed by atoms with Gasteiger partial charge in [-0.1, -0.05) is 30.3 Å². The van der Waals surface area contributed by atoms with E-state index in [4.69, 9.17) is 11.6 Å². The highest BCUT2D eigenvalue weighted by atomic mass is 35.5. The Balaban J connectivity index is 2.13. The van der Waals surface area contributed by atoms with Gasteiger partial charge in [-0.15, -0.1) is 0 Å². The maximum Gasteiger partial charge on any atom is 0.274 e. The second-order valence-corrected chi connectivity index (χ2v) is 6.87. The van der Waals surface area contributed by atoms with Crippen LogP contribution in [0.25, 0.3) is 0 Å². The molecule has 1 aliphatic heterocycles. The fraction of sp³-hybridized carbons (Fsp3) is 0.643. The summed E-state index contributed by atoms with van der Waals surface area (Å²) in [7, 11) is 3.94. The topological polar surface area (TPSA) is 49.3 Å². The van der Waals surface area contributed by atoms with Gasteiger partial charge in [0.1, 0.15) is 0 Å². The van der Waals surface area contributed by atoms with E-state index in [0.717, 1.165) is 31.7 Å². The number of aromatic nitrogens is 2. The summed E-state index contributed by atoms with van der Waals surface area (Å²) in [5.41, 5.74) is 0.309. The zero-order chi connectivity index (χ0) is 15.4. The highest BCUT2D eigenvalue weighted by Crippen LogP contribution is 2.22. The van der Waals surface area contributed by atoms with Crippen molar-refractivity contribution in [2.75, 3.05) is 32.9 Å². The van der Waals surface area contributed by atoms with Crippen LogP contribution in [0.5, 0.6) is 0 Å². The lowest BCUT2D eigenvalue weighted by molar-refractivity contribution is 0.0653. The summed E-state index contributed by atoms with van der Waals surface area (Å²) in [5.74, 6) is 0.745. The van der Waals surface area contributed by atoms with Crippen molar-refractivity contribution in [2.24, 2.45) is 0 Å². The first-order valence-corrected chi connectivity index (χ1v) is 8.50. The first-order chi connectivity index (χ1) is 10.0. The number of hydrogen-bond acceptors (Lipinski definition) is 5. The van der Waals surface area contributed by atoms with Crippen LogP contribution in [-0.2, 0) is 0 Å². The maximum atomic E-state index is 12.6. The number of rotatable bonds is 4. The van der Waals surface area contributed by atoms with E-state index >= 15 is 0 Å². The lowest BCUT2D eigenvalue weighted by Gasteiger charge is -2.35. The molecule has 0 saturated carbocycles. The zero-order valence-electron chi connectivity index (χ0n) is 12.7. The van der Waals surface area contributed by atoms with Crippen molar-refractivity contribution in [1.82, 2.24) is 19.8 Å². The zero-order valence-corrected chi connectivity index (χ0v) is 14.2. The maximum absolute atomic E-state index is 12.6. The van der Waals surface area contributed by atoms with Gasteiger partial charge in [0.05, 0.1) is 11.2 Å². The molecule has 2 rings (SSSR count). The van der Waals surface area contributed by atoms with Crippen LogP contribution in [0, 0.1) is 0 Å². The minimum absolute atomic E-state index is 0.116. The number of carbonyl (C=O) groups is 1. The number of carbonyl (C=O) groups excluding carboxylic acids is 1. The van der Waals surface area contributed by atoms with Gasteiger partial charge in [0.15, 0.2) is 10.9 Å². The van der Waals surface area contributed by atoms with E-state index in [9.17, 15) is 4.79 Å². The smallest absolute Gasteiger partial charge is 0.274 e. The molecule has 1 saturated heterocycles. The monoisotopic (exact) mass is 328 g/mol. The van der Waals surface area contributed by atoms with E-state index < -0.39 is 0 Å². The Kier molecular flexibility index (Phi) is 5.84. The van der Waals surface area contributed by atoms with Gasteiger partial charge in [-0.25, -0.2) is 9.97 Å². The molecule has 0 N–H and O–H groups in total. The van der Waals surface area contributed by atoms with Crippen molar-refractivity contribution in [3.05, 3.63) is 16.9 Å². The summed E-state index contributed by atoms with van der Waals surface area (Å²) in [5, 5.41) is 0.919. The first kappa shape index (κ1) is 16.5. The Morgan fingerprint density at radius 2 is 2.19 bits per heavy atom. The molecule has 0 radical (unpaired) electrons. The lowest BCUT2D eigenvalue weighted by Crippen LogP contribution is -2.44. The molecule has 0 bridgehead atoms. The molecule has 1 aromatic rings. The summed E-state index contributed by atoms with van der Waals surface area (Å²) in [6, 6.07) is 0.252. The molecule has 116 valence electrons. The van der Waals surface area contributed by atoms with Gasteiger partial charge in [-0.05, 0) is 38.7 Å². The average molecular weight is 329 g/mol. The van der Waals surface area contributed by atoms with Gasteiger partial charge in [0, 0.05) is 13.1 Å². The highest BCUT2D eigenvalue weighted by Gasteiger charge is 2.27. The number of thioether (sulfide) groups is 1. The largest absolute Gasteiger partial charge is 0.337 e. The Hall–Kier alpha value is -0.850. The Labute approximate surface area is 135 Å². The molecule has 0 unspecified atom stereocenters. The third kappa shape index (κ3) is 4.08. The molecule has 0 spiro atoms. The fourth-order valence-corrected chi connectivity index (χ4v) is 3.13. The Morgan fingerprint density at radius 1 is 1.52 bits per heavy atom. The molecule has 0 atom stereocenters. The summed E-state index contributed by atoms with van der Waals surface area (Å²) in [6.45, 7) is 4.04. The molecule has 0 aliphatic carbocycles. The predicted octanol–water partition coefficient (Wildman–Crippen LogP) is 2.41. The van der Waals surface area contributed by atoms with Gasteiger partial charge >= 0.3 is 0 Å². The van der Waals surface area contributed by atoms with Crippen molar-refractivity contribution >= 4 is 29.3 Å².